The first kappa shape index (κ1) is 52.8. The Balaban J connectivity index is 3.73. The number of hydrogen-bond donors (Lipinski definition) is 5. The summed E-state index contributed by atoms with van der Waals surface area (Å²) in [6, 6.07) is -0.988. The van der Waals surface area contributed by atoms with Crippen molar-refractivity contribution in [3.05, 3.63) is 24.3 Å². The maximum absolute atomic E-state index is 12.5. The molecule has 0 heterocycles. The van der Waals surface area contributed by atoms with Gasteiger partial charge in [0.25, 0.3) is 0 Å². The molecule has 6 heteroatoms. The number of aliphatic hydroxyl groups excluding tert-OH is 4. The van der Waals surface area contributed by atoms with Crippen molar-refractivity contribution in [2.75, 3.05) is 6.61 Å². The summed E-state index contributed by atoms with van der Waals surface area (Å²) in [6.07, 6.45) is 49.2. The minimum atomic E-state index is -1.26. The zero-order valence-electron chi connectivity index (χ0n) is 36.0. The van der Waals surface area contributed by atoms with Crippen molar-refractivity contribution in [2.45, 2.75) is 269 Å². The molecule has 6 nitrogen and oxygen atoms in total. The molecule has 0 aliphatic rings. The lowest BCUT2D eigenvalue weighted by Gasteiger charge is -2.27. The van der Waals surface area contributed by atoms with Crippen LogP contribution < -0.4 is 5.32 Å². The summed E-state index contributed by atoms with van der Waals surface area (Å²) in [5.74, 6) is -0.590. The number of allylic oxidation sites excluding steroid dienone is 4. The minimum Gasteiger partial charge on any atom is -0.394 e. The van der Waals surface area contributed by atoms with Gasteiger partial charge in [-0.1, -0.05) is 224 Å². The first-order valence-corrected chi connectivity index (χ1v) is 23.7. The van der Waals surface area contributed by atoms with Crippen LogP contribution in [0.25, 0.3) is 0 Å². The fraction of sp³-hybridized carbons (Fsp3) is 0.896. The molecule has 5 N–H and O–H groups in total. The van der Waals surface area contributed by atoms with Gasteiger partial charge in [0.2, 0.25) is 5.91 Å². The third kappa shape index (κ3) is 36.4. The second-order valence-electron chi connectivity index (χ2n) is 16.5. The number of amides is 1. The molecule has 0 saturated carbocycles. The Morgan fingerprint density at radius 3 is 1.17 bits per heavy atom. The highest BCUT2D eigenvalue weighted by Crippen LogP contribution is 2.17. The molecule has 4 atom stereocenters. The standard InChI is InChI=1S/C48H93NO5/c1-3-5-7-9-11-13-15-17-19-21-22-23-24-25-26-28-30-32-34-36-38-40-42-46(52)48(54)49-44(43-50)47(53)45(51)41-39-37-35-33-31-29-27-20-18-16-14-12-10-8-6-4-2/h22-23,25-26,44-47,50-53H,3-21,24,27-43H2,1-2H3,(H,49,54)/b23-22-,26-25-. The molecule has 54 heavy (non-hydrogen) atoms. The van der Waals surface area contributed by atoms with Gasteiger partial charge in [0.05, 0.1) is 18.8 Å². The van der Waals surface area contributed by atoms with Crippen LogP contribution in [0.2, 0.25) is 0 Å². The summed E-state index contributed by atoms with van der Waals surface area (Å²) in [4.78, 5) is 12.5. The summed E-state index contributed by atoms with van der Waals surface area (Å²) in [7, 11) is 0. The lowest BCUT2D eigenvalue weighted by Crippen LogP contribution is -2.53. The third-order valence-electron chi connectivity index (χ3n) is 11.2. The van der Waals surface area contributed by atoms with Crippen LogP contribution in [-0.4, -0.2) is 57.3 Å². The quantitative estimate of drug-likeness (QED) is 0.0314. The Hall–Kier alpha value is -1.21. The van der Waals surface area contributed by atoms with Gasteiger partial charge in [-0.3, -0.25) is 4.79 Å². The molecule has 0 saturated heterocycles. The van der Waals surface area contributed by atoms with Crippen molar-refractivity contribution >= 4 is 5.91 Å². The molecule has 0 aliphatic carbocycles. The van der Waals surface area contributed by atoms with Gasteiger partial charge in [0, 0.05) is 0 Å². The first-order chi connectivity index (χ1) is 26.5. The van der Waals surface area contributed by atoms with Crippen molar-refractivity contribution < 1.29 is 25.2 Å². The average molecular weight is 764 g/mol. The maximum atomic E-state index is 12.5. The molecule has 0 spiro atoms. The fourth-order valence-electron chi connectivity index (χ4n) is 7.38. The van der Waals surface area contributed by atoms with Gasteiger partial charge in [-0.05, 0) is 44.9 Å². The normalized spacial score (nSPS) is 14.3. The Morgan fingerprint density at radius 1 is 0.463 bits per heavy atom. The average Bonchev–Trinajstić information content (AvgIpc) is 3.18. The van der Waals surface area contributed by atoms with Crippen molar-refractivity contribution in [3.63, 3.8) is 0 Å². The molecular weight excluding hydrogens is 671 g/mol. The molecule has 0 fully saturated rings. The molecule has 0 bridgehead atoms. The van der Waals surface area contributed by atoms with Crippen LogP contribution in [0.15, 0.2) is 24.3 Å². The number of unbranched alkanes of at least 4 members (excludes halogenated alkanes) is 30. The van der Waals surface area contributed by atoms with Gasteiger partial charge in [-0.25, -0.2) is 0 Å². The van der Waals surface area contributed by atoms with Crippen LogP contribution in [-0.2, 0) is 4.79 Å². The van der Waals surface area contributed by atoms with Crippen LogP contribution in [0.1, 0.15) is 245 Å². The molecule has 1 amide bonds. The van der Waals surface area contributed by atoms with E-state index in [4.69, 9.17) is 0 Å². The number of nitrogens with one attached hydrogen (secondary N) is 1. The fourth-order valence-corrected chi connectivity index (χ4v) is 7.38. The number of hydrogen-bond acceptors (Lipinski definition) is 5. The summed E-state index contributed by atoms with van der Waals surface area (Å²) in [5, 5.41) is 43.8. The predicted octanol–water partition coefficient (Wildman–Crippen LogP) is 12.7. The largest absolute Gasteiger partial charge is 0.394 e. The van der Waals surface area contributed by atoms with E-state index >= 15 is 0 Å². The number of carbonyl (C=O) groups excluding carboxylic acids is 1. The summed E-state index contributed by atoms with van der Waals surface area (Å²) in [6.45, 7) is 4.06. The molecule has 0 aromatic heterocycles. The first-order valence-electron chi connectivity index (χ1n) is 23.7. The monoisotopic (exact) mass is 764 g/mol. The second kappa shape index (κ2) is 42.9. The van der Waals surface area contributed by atoms with E-state index in [-0.39, 0.29) is 0 Å². The Bertz CT molecular complexity index is 817. The van der Waals surface area contributed by atoms with E-state index in [1.165, 1.54) is 161 Å². The van der Waals surface area contributed by atoms with Gasteiger partial charge in [-0.2, -0.15) is 0 Å². The smallest absolute Gasteiger partial charge is 0.249 e. The van der Waals surface area contributed by atoms with Crippen LogP contribution in [0, 0.1) is 0 Å². The van der Waals surface area contributed by atoms with Crippen LogP contribution in [0.3, 0.4) is 0 Å². The molecule has 0 aliphatic heterocycles. The summed E-state index contributed by atoms with van der Waals surface area (Å²) < 4.78 is 0. The van der Waals surface area contributed by atoms with Gasteiger partial charge in [0.1, 0.15) is 12.2 Å². The Morgan fingerprint density at radius 2 is 0.796 bits per heavy atom. The summed E-state index contributed by atoms with van der Waals surface area (Å²) in [5.41, 5.74) is 0. The SMILES string of the molecule is CCCCCCCCCCC/C=C\C/C=C\CCCCCCCCC(O)C(=O)NC(CO)C(O)C(O)CCCCCCCCCCCCCCCCCC. The topological polar surface area (TPSA) is 110 Å². The number of rotatable bonds is 43. The zero-order chi connectivity index (χ0) is 39.6. The predicted molar refractivity (Wildman–Crippen MR) is 233 cm³/mol. The molecule has 0 aromatic carbocycles. The van der Waals surface area contributed by atoms with E-state index in [2.05, 4.69) is 43.5 Å². The molecule has 0 rings (SSSR count). The van der Waals surface area contributed by atoms with Crippen LogP contribution in [0.5, 0.6) is 0 Å². The van der Waals surface area contributed by atoms with Crippen molar-refractivity contribution in [2.24, 2.45) is 0 Å². The molecule has 0 radical (unpaired) electrons. The van der Waals surface area contributed by atoms with Crippen molar-refractivity contribution in [1.82, 2.24) is 5.32 Å². The zero-order valence-corrected chi connectivity index (χ0v) is 36.0. The third-order valence-corrected chi connectivity index (χ3v) is 11.2. The van der Waals surface area contributed by atoms with Crippen LogP contribution in [0.4, 0.5) is 0 Å². The van der Waals surface area contributed by atoms with Crippen LogP contribution >= 0.6 is 0 Å². The van der Waals surface area contributed by atoms with E-state index in [0.717, 1.165) is 57.8 Å². The molecule has 0 aromatic rings. The Kier molecular flexibility index (Phi) is 42.0. The highest BCUT2D eigenvalue weighted by atomic mass is 16.3. The maximum Gasteiger partial charge on any atom is 0.249 e. The van der Waals surface area contributed by atoms with Crippen molar-refractivity contribution in [1.29, 1.82) is 0 Å². The number of aliphatic hydroxyl groups is 4. The van der Waals surface area contributed by atoms with E-state index < -0.39 is 36.9 Å². The highest BCUT2D eigenvalue weighted by molar-refractivity contribution is 5.80. The molecular formula is C48H93NO5. The van der Waals surface area contributed by atoms with Gasteiger partial charge >= 0.3 is 0 Å². The highest BCUT2D eigenvalue weighted by Gasteiger charge is 2.28. The van der Waals surface area contributed by atoms with Crippen molar-refractivity contribution in [3.8, 4) is 0 Å². The minimum absolute atomic E-state index is 0.358. The lowest BCUT2D eigenvalue weighted by atomic mass is 9.99. The summed E-state index contributed by atoms with van der Waals surface area (Å²) >= 11 is 0. The lowest BCUT2D eigenvalue weighted by molar-refractivity contribution is -0.132. The van der Waals surface area contributed by atoms with E-state index in [1.807, 2.05) is 0 Å². The van der Waals surface area contributed by atoms with Gasteiger partial charge in [-0.15, -0.1) is 0 Å². The second-order valence-corrected chi connectivity index (χ2v) is 16.5. The van der Waals surface area contributed by atoms with E-state index in [9.17, 15) is 25.2 Å². The van der Waals surface area contributed by atoms with E-state index in [1.54, 1.807) is 0 Å². The number of carbonyl (C=O) groups is 1. The molecule has 4 unspecified atom stereocenters. The molecule has 320 valence electrons. The Labute approximate surface area is 335 Å². The van der Waals surface area contributed by atoms with E-state index in [0.29, 0.717) is 12.8 Å². The van der Waals surface area contributed by atoms with Gasteiger partial charge in [0.15, 0.2) is 0 Å². The van der Waals surface area contributed by atoms with Gasteiger partial charge < -0.3 is 25.7 Å².